The van der Waals surface area contributed by atoms with Crippen LogP contribution in [0, 0.1) is 0 Å². The van der Waals surface area contributed by atoms with Crippen molar-refractivity contribution in [3.63, 3.8) is 0 Å². The van der Waals surface area contributed by atoms with Crippen LogP contribution in [0.25, 0.3) is 0 Å². The van der Waals surface area contributed by atoms with Gasteiger partial charge < -0.3 is 5.73 Å². The quantitative estimate of drug-likeness (QED) is 0.870. The van der Waals surface area contributed by atoms with Gasteiger partial charge >= 0.3 is 0 Å². The standard InChI is InChI=1S/C9H13N3O2S.2ClH/c10-8-3-5-12(7-8)15(13,14)9-2-1-4-11-6-9;;/h1-2,4,6,8H,3,5,7,10H2;2*1H. The van der Waals surface area contributed by atoms with Crippen molar-refractivity contribution in [2.45, 2.75) is 17.4 Å². The Balaban J connectivity index is 0.00000128. The number of pyridine rings is 1. The fourth-order valence-electron chi connectivity index (χ4n) is 1.62. The van der Waals surface area contributed by atoms with Gasteiger partial charge in [0.25, 0.3) is 0 Å². The lowest BCUT2D eigenvalue weighted by Crippen LogP contribution is -2.31. The minimum atomic E-state index is -3.38. The van der Waals surface area contributed by atoms with E-state index >= 15 is 0 Å². The number of aromatic nitrogens is 1. The number of nitrogens with two attached hydrogens (primary N) is 1. The molecule has 1 fully saturated rings. The van der Waals surface area contributed by atoms with E-state index in [2.05, 4.69) is 4.98 Å². The number of hydrogen-bond donors (Lipinski definition) is 1. The number of halogens is 2. The van der Waals surface area contributed by atoms with Crippen LogP contribution in [-0.4, -0.2) is 36.8 Å². The Labute approximate surface area is 113 Å². The van der Waals surface area contributed by atoms with E-state index in [0.717, 1.165) is 6.42 Å². The van der Waals surface area contributed by atoms with Crippen molar-refractivity contribution in [3.05, 3.63) is 24.5 Å². The highest BCUT2D eigenvalue weighted by molar-refractivity contribution is 7.89. The molecule has 2 heterocycles. The molecule has 1 aliphatic rings. The van der Waals surface area contributed by atoms with Crippen molar-refractivity contribution < 1.29 is 8.42 Å². The predicted molar refractivity (Wildman–Crippen MR) is 70.1 cm³/mol. The molecule has 1 unspecified atom stereocenters. The fourth-order valence-corrected chi connectivity index (χ4v) is 3.10. The van der Waals surface area contributed by atoms with Crippen LogP contribution in [-0.2, 0) is 10.0 Å². The van der Waals surface area contributed by atoms with E-state index in [9.17, 15) is 8.42 Å². The normalized spacial score (nSPS) is 20.4. The highest BCUT2D eigenvalue weighted by Crippen LogP contribution is 2.19. The number of hydrogen-bond acceptors (Lipinski definition) is 4. The minimum Gasteiger partial charge on any atom is -0.326 e. The zero-order valence-electron chi connectivity index (χ0n) is 9.02. The summed E-state index contributed by atoms with van der Waals surface area (Å²) in [5.41, 5.74) is 5.68. The summed E-state index contributed by atoms with van der Waals surface area (Å²) >= 11 is 0. The maximum Gasteiger partial charge on any atom is 0.244 e. The summed E-state index contributed by atoms with van der Waals surface area (Å²) in [5.74, 6) is 0. The first-order chi connectivity index (χ1) is 7.10. The first kappa shape index (κ1) is 16.6. The Morgan fingerprint density at radius 2 is 2.12 bits per heavy atom. The molecule has 1 saturated heterocycles. The SMILES string of the molecule is Cl.Cl.NC1CCN(S(=O)(=O)c2cccnc2)C1. The van der Waals surface area contributed by atoms with Crippen LogP contribution in [0.15, 0.2) is 29.4 Å². The van der Waals surface area contributed by atoms with Gasteiger partial charge in [0, 0.05) is 31.5 Å². The molecule has 1 aromatic rings. The topological polar surface area (TPSA) is 76.3 Å². The Hall–Kier alpha value is -0.400. The van der Waals surface area contributed by atoms with Crippen LogP contribution in [0.5, 0.6) is 0 Å². The number of sulfonamides is 1. The zero-order chi connectivity index (χ0) is 10.9. The summed E-state index contributed by atoms with van der Waals surface area (Å²) in [5, 5.41) is 0. The lowest BCUT2D eigenvalue weighted by atomic mass is 10.3. The molecule has 98 valence electrons. The Morgan fingerprint density at radius 1 is 1.41 bits per heavy atom. The molecule has 1 atom stereocenters. The van der Waals surface area contributed by atoms with Gasteiger partial charge in [0.05, 0.1) is 0 Å². The van der Waals surface area contributed by atoms with E-state index < -0.39 is 10.0 Å². The van der Waals surface area contributed by atoms with Gasteiger partial charge in [-0.25, -0.2) is 8.42 Å². The lowest BCUT2D eigenvalue weighted by Gasteiger charge is -2.15. The smallest absolute Gasteiger partial charge is 0.244 e. The summed E-state index contributed by atoms with van der Waals surface area (Å²) in [6, 6.07) is 3.12. The van der Waals surface area contributed by atoms with Crippen molar-refractivity contribution >= 4 is 34.8 Å². The summed E-state index contributed by atoms with van der Waals surface area (Å²) in [6.45, 7) is 0.898. The summed E-state index contributed by atoms with van der Waals surface area (Å²) in [7, 11) is -3.38. The van der Waals surface area contributed by atoms with Crippen LogP contribution in [0.4, 0.5) is 0 Å². The minimum absolute atomic E-state index is 0. The average molecular weight is 300 g/mol. The highest BCUT2D eigenvalue weighted by atomic mass is 35.5. The maximum atomic E-state index is 12.0. The van der Waals surface area contributed by atoms with Gasteiger partial charge in [0.2, 0.25) is 10.0 Å². The molecular formula is C9H15Cl2N3O2S. The molecule has 1 aromatic heterocycles. The second kappa shape index (κ2) is 6.51. The summed E-state index contributed by atoms with van der Waals surface area (Å²) in [4.78, 5) is 4.04. The van der Waals surface area contributed by atoms with Crippen LogP contribution >= 0.6 is 24.8 Å². The monoisotopic (exact) mass is 299 g/mol. The molecule has 1 aliphatic heterocycles. The van der Waals surface area contributed by atoms with E-state index in [0.29, 0.717) is 13.1 Å². The third kappa shape index (κ3) is 3.53. The van der Waals surface area contributed by atoms with Gasteiger partial charge in [0.1, 0.15) is 4.90 Å². The molecule has 0 saturated carbocycles. The zero-order valence-corrected chi connectivity index (χ0v) is 11.5. The van der Waals surface area contributed by atoms with E-state index in [4.69, 9.17) is 5.73 Å². The van der Waals surface area contributed by atoms with Gasteiger partial charge in [-0.15, -0.1) is 24.8 Å². The molecule has 5 nitrogen and oxygen atoms in total. The van der Waals surface area contributed by atoms with Crippen LogP contribution in [0.2, 0.25) is 0 Å². The second-order valence-electron chi connectivity index (χ2n) is 3.60. The van der Waals surface area contributed by atoms with Gasteiger partial charge in [0.15, 0.2) is 0 Å². The predicted octanol–water partition coefficient (Wildman–Crippen LogP) is 0.647. The molecule has 0 aliphatic carbocycles. The van der Waals surface area contributed by atoms with E-state index in [1.807, 2.05) is 0 Å². The molecule has 2 N–H and O–H groups in total. The van der Waals surface area contributed by atoms with Crippen molar-refractivity contribution in [3.8, 4) is 0 Å². The highest BCUT2D eigenvalue weighted by Gasteiger charge is 2.30. The number of rotatable bonds is 2. The van der Waals surface area contributed by atoms with Gasteiger partial charge in [-0.1, -0.05) is 0 Å². The maximum absolute atomic E-state index is 12.0. The Morgan fingerprint density at radius 3 is 2.59 bits per heavy atom. The van der Waals surface area contributed by atoms with Crippen molar-refractivity contribution in [1.29, 1.82) is 0 Å². The van der Waals surface area contributed by atoms with E-state index in [1.54, 1.807) is 18.3 Å². The molecule has 2 rings (SSSR count). The van der Waals surface area contributed by atoms with Crippen LogP contribution in [0.3, 0.4) is 0 Å². The Kier molecular flexibility index (Phi) is 6.36. The second-order valence-corrected chi connectivity index (χ2v) is 5.54. The molecule has 0 spiro atoms. The molecule has 0 amide bonds. The molecule has 17 heavy (non-hydrogen) atoms. The fraction of sp³-hybridized carbons (Fsp3) is 0.444. The molecule has 0 aromatic carbocycles. The molecule has 8 heteroatoms. The van der Waals surface area contributed by atoms with E-state index in [-0.39, 0.29) is 35.8 Å². The third-order valence-electron chi connectivity index (χ3n) is 2.46. The summed E-state index contributed by atoms with van der Waals surface area (Å²) in [6.07, 6.45) is 3.63. The number of nitrogens with zero attached hydrogens (tertiary/aromatic N) is 2. The average Bonchev–Trinajstić information content (AvgIpc) is 2.67. The molecule has 0 bridgehead atoms. The van der Waals surface area contributed by atoms with Gasteiger partial charge in [-0.3, -0.25) is 4.98 Å². The van der Waals surface area contributed by atoms with Gasteiger partial charge in [-0.05, 0) is 18.6 Å². The first-order valence-corrected chi connectivity index (χ1v) is 6.20. The molecule has 0 radical (unpaired) electrons. The van der Waals surface area contributed by atoms with Crippen LogP contribution < -0.4 is 5.73 Å². The molecular weight excluding hydrogens is 285 g/mol. The largest absolute Gasteiger partial charge is 0.326 e. The van der Waals surface area contributed by atoms with Crippen LogP contribution in [0.1, 0.15) is 6.42 Å². The van der Waals surface area contributed by atoms with E-state index in [1.165, 1.54) is 10.5 Å². The lowest BCUT2D eigenvalue weighted by molar-refractivity contribution is 0.472. The van der Waals surface area contributed by atoms with Crippen molar-refractivity contribution in [2.75, 3.05) is 13.1 Å². The third-order valence-corrected chi connectivity index (χ3v) is 4.31. The summed E-state index contributed by atoms with van der Waals surface area (Å²) < 4.78 is 25.4. The van der Waals surface area contributed by atoms with Crippen molar-refractivity contribution in [1.82, 2.24) is 9.29 Å². The Bertz CT molecular complexity index is 441. The first-order valence-electron chi connectivity index (χ1n) is 4.76. The van der Waals surface area contributed by atoms with Crippen molar-refractivity contribution in [2.24, 2.45) is 5.73 Å². The van der Waals surface area contributed by atoms with Gasteiger partial charge in [-0.2, -0.15) is 4.31 Å².